The summed E-state index contributed by atoms with van der Waals surface area (Å²) in [5, 5.41) is 0.906. The van der Waals surface area contributed by atoms with Crippen LogP contribution in [0.25, 0.3) is 0 Å². The van der Waals surface area contributed by atoms with Gasteiger partial charge >= 0.3 is 0 Å². The normalized spacial score (nSPS) is 16.1. The van der Waals surface area contributed by atoms with Crippen LogP contribution < -0.4 is 4.74 Å². The third-order valence-corrected chi connectivity index (χ3v) is 4.20. The van der Waals surface area contributed by atoms with E-state index in [0.717, 1.165) is 32.1 Å². The Morgan fingerprint density at radius 3 is 2.60 bits per heavy atom. The Balaban J connectivity index is 2.30. The number of Topliss-reactive ketones (excluding diaryl/α,β-unsaturated/α-hetero) is 1. The van der Waals surface area contributed by atoms with Crippen molar-refractivity contribution < 1.29 is 9.53 Å². The molecule has 2 nitrogen and oxygen atoms in total. The van der Waals surface area contributed by atoms with E-state index >= 15 is 0 Å². The van der Waals surface area contributed by atoms with Crippen LogP contribution in [0, 0.1) is 5.92 Å². The summed E-state index contributed by atoms with van der Waals surface area (Å²) in [6.07, 6.45) is 6.24. The van der Waals surface area contributed by atoms with E-state index < -0.39 is 0 Å². The van der Waals surface area contributed by atoms with Crippen molar-refractivity contribution in [2.24, 2.45) is 5.92 Å². The first-order valence-electron chi connectivity index (χ1n) is 7.29. The summed E-state index contributed by atoms with van der Waals surface area (Å²) in [6, 6.07) is 3.32. The number of hydrogen-bond donors (Lipinski definition) is 0. The zero-order chi connectivity index (χ0) is 14.5. The monoisotopic (exact) mass is 314 g/mol. The van der Waals surface area contributed by atoms with Crippen LogP contribution in [0.1, 0.15) is 55.8 Å². The first-order chi connectivity index (χ1) is 9.63. The van der Waals surface area contributed by atoms with Crippen molar-refractivity contribution in [2.45, 2.75) is 45.4 Å². The highest BCUT2D eigenvalue weighted by atomic mass is 35.5. The van der Waals surface area contributed by atoms with Crippen LogP contribution in [-0.2, 0) is 0 Å². The van der Waals surface area contributed by atoms with Crippen LogP contribution in [-0.4, -0.2) is 12.4 Å². The van der Waals surface area contributed by atoms with Crippen molar-refractivity contribution >= 4 is 29.0 Å². The van der Waals surface area contributed by atoms with E-state index in [4.69, 9.17) is 27.9 Å². The molecule has 0 aromatic heterocycles. The standard InChI is InChI=1S/C16H20Cl2O2/c1-2-8-20-16-13(9-12(17)10-14(16)18)15(19)11-6-4-3-5-7-11/h9-11H,2-8H2,1H3. The van der Waals surface area contributed by atoms with Crippen LogP contribution >= 0.6 is 23.2 Å². The Hall–Kier alpha value is -0.730. The fourth-order valence-corrected chi connectivity index (χ4v) is 3.23. The van der Waals surface area contributed by atoms with E-state index in [9.17, 15) is 4.79 Å². The summed E-state index contributed by atoms with van der Waals surface area (Å²) in [5.74, 6) is 0.705. The van der Waals surface area contributed by atoms with Crippen molar-refractivity contribution in [3.05, 3.63) is 27.7 Å². The Morgan fingerprint density at radius 1 is 1.25 bits per heavy atom. The van der Waals surface area contributed by atoms with Crippen molar-refractivity contribution in [1.29, 1.82) is 0 Å². The molecule has 1 aliphatic carbocycles. The summed E-state index contributed by atoms with van der Waals surface area (Å²) in [5.41, 5.74) is 0.544. The lowest BCUT2D eigenvalue weighted by Crippen LogP contribution is -2.19. The summed E-state index contributed by atoms with van der Waals surface area (Å²) in [7, 11) is 0. The number of rotatable bonds is 5. The highest BCUT2D eigenvalue weighted by molar-refractivity contribution is 6.36. The third-order valence-electron chi connectivity index (χ3n) is 3.70. The zero-order valence-electron chi connectivity index (χ0n) is 11.8. The number of ether oxygens (including phenoxy) is 1. The van der Waals surface area contributed by atoms with Crippen LogP contribution in [0.15, 0.2) is 12.1 Å². The van der Waals surface area contributed by atoms with E-state index in [0.29, 0.717) is 28.0 Å². The maximum Gasteiger partial charge on any atom is 0.169 e. The fourth-order valence-electron chi connectivity index (χ4n) is 2.68. The van der Waals surface area contributed by atoms with Gasteiger partial charge in [-0.2, -0.15) is 0 Å². The minimum Gasteiger partial charge on any atom is -0.491 e. The van der Waals surface area contributed by atoms with Gasteiger partial charge in [-0.15, -0.1) is 0 Å². The number of ketones is 1. The molecule has 1 fully saturated rings. The third kappa shape index (κ3) is 3.67. The van der Waals surface area contributed by atoms with Crippen molar-refractivity contribution in [3.63, 3.8) is 0 Å². The largest absolute Gasteiger partial charge is 0.491 e. The summed E-state index contributed by atoms with van der Waals surface area (Å²) < 4.78 is 5.67. The lowest BCUT2D eigenvalue weighted by atomic mass is 9.83. The topological polar surface area (TPSA) is 26.3 Å². The fraction of sp³-hybridized carbons (Fsp3) is 0.562. The molecule has 1 aliphatic rings. The SMILES string of the molecule is CCCOc1c(Cl)cc(Cl)cc1C(=O)C1CCCCC1. The second kappa shape index (κ2) is 7.33. The molecule has 20 heavy (non-hydrogen) atoms. The minimum atomic E-state index is 0.0854. The molecule has 1 aromatic rings. The predicted octanol–water partition coefficient (Wildman–Crippen LogP) is 5.55. The van der Waals surface area contributed by atoms with Gasteiger partial charge in [-0.3, -0.25) is 4.79 Å². The van der Waals surface area contributed by atoms with Crippen LogP contribution in [0.5, 0.6) is 5.75 Å². The molecule has 1 saturated carbocycles. The molecular weight excluding hydrogens is 295 g/mol. The summed E-state index contributed by atoms with van der Waals surface area (Å²) in [6.45, 7) is 2.57. The number of carbonyl (C=O) groups is 1. The van der Waals surface area contributed by atoms with Crippen LogP contribution in [0.4, 0.5) is 0 Å². The number of halogens is 2. The lowest BCUT2D eigenvalue weighted by molar-refractivity contribution is 0.0885. The van der Waals surface area contributed by atoms with Gasteiger partial charge < -0.3 is 4.74 Å². The van der Waals surface area contributed by atoms with Gasteiger partial charge in [0.1, 0.15) is 5.75 Å². The Kier molecular flexibility index (Phi) is 5.74. The maximum atomic E-state index is 12.7. The Morgan fingerprint density at radius 2 is 1.95 bits per heavy atom. The van der Waals surface area contributed by atoms with Crippen molar-refractivity contribution in [3.8, 4) is 5.75 Å². The average molecular weight is 315 g/mol. The first kappa shape index (κ1) is 15.7. The minimum absolute atomic E-state index is 0.0854. The molecule has 0 saturated heterocycles. The molecule has 2 rings (SSSR count). The maximum absolute atomic E-state index is 12.7. The number of benzene rings is 1. The molecule has 0 spiro atoms. The second-order valence-electron chi connectivity index (χ2n) is 5.31. The molecule has 0 unspecified atom stereocenters. The van der Waals surface area contributed by atoms with Gasteiger partial charge in [0.25, 0.3) is 0 Å². The van der Waals surface area contributed by atoms with E-state index in [2.05, 4.69) is 0 Å². The number of carbonyl (C=O) groups excluding carboxylic acids is 1. The average Bonchev–Trinajstić information content (AvgIpc) is 2.46. The van der Waals surface area contributed by atoms with E-state index in [1.54, 1.807) is 12.1 Å². The molecule has 1 aromatic carbocycles. The Labute approximate surface area is 130 Å². The lowest BCUT2D eigenvalue weighted by Gasteiger charge is -2.22. The van der Waals surface area contributed by atoms with Gasteiger partial charge in [0, 0.05) is 10.9 Å². The first-order valence-corrected chi connectivity index (χ1v) is 8.05. The van der Waals surface area contributed by atoms with Crippen molar-refractivity contribution in [1.82, 2.24) is 0 Å². The molecule has 0 N–H and O–H groups in total. The molecule has 0 heterocycles. The van der Waals surface area contributed by atoms with Crippen molar-refractivity contribution in [2.75, 3.05) is 6.61 Å². The van der Waals surface area contributed by atoms with Gasteiger partial charge in [0.05, 0.1) is 17.2 Å². The zero-order valence-corrected chi connectivity index (χ0v) is 13.3. The predicted molar refractivity (Wildman–Crippen MR) is 83.2 cm³/mol. The summed E-state index contributed by atoms with van der Waals surface area (Å²) >= 11 is 12.2. The molecule has 0 atom stereocenters. The second-order valence-corrected chi connectivity index (χ2v) is 6.16. The van der Waals surface area contributed by atoms with Gasteiger partial charge in [-0.1, -0.05) is 49.4 Å². The smallest absolute Gasteiger partial charge is 0.169 e. The Bertz CT molecular complexity index is 480. The molecule has 4 heteroatoms. The van der Waals surface area contributed by atoms with E-state index in [1.807, 2.05) is 6.92 Å². The van der Waals surface area contributed by atoms with Gasteiger partial charge in [-0.25, -0.2) is 0 Å². The number of hydrogen-bond acceptors (Lipinski definition) is 2. The quantitative estimate of drug-likeness (QED) is 0.666. The molecular formula is C16H20Cl2O2. The van der Waals surface area contributed by atoms with Gasteiger partial charge in [0.15, 0.2) is 5.78 Å². The molecule has 0 radical (unpaired) electrons. The van der Waals surface area contributed by atoms with Crippen LogP contribution in [0.3, 0.4) is 0 Å². The summed E-state index contributed by atoms with van der Waals surface area (Å²) in [4.78, 5) is 12.7. The van der Waals surface area contributed by atoms with Gasteiger partial charge in [0.2, 0.25) is 0 Å². The molecule has 0 bridgehead atoms. The highest BCUT2D eigenvalue weighted by Gasteiger charge is 2.26. The van der Waals surface area contributed by atoms with Crippen LogP contribution in [0.2, 0.25) is 10.0 Å². The van der Waals surface area contributed by atoms with E-state index in [-0.39, 0.29) is 11.7 Å². The highest BCUT2D eigenvalue weighted by Crippen LogP contribution is 2.36. The van der Waals surface area contributed by atoms with Gasteiger partial charge in [-0.05, 0) is 31.4 Å². The molecule has 110 valence electrons. The molecule has 0 aliphatic heterocycles. The molecule has 0 amide bonds. The van der Waals surface area contributed by atoms with E-state index in [1.165, 1.54) is 6.42 Å².